The van der Waals surface area contributed by atoms with Gasteiger partial charge in [0.05, 0.1) is 0 Å². The normalized spacial score (nSPS) is 17.0. The molecule has 0 atom stereocenters. The Bertz CT molecular complexity index is 144. The predicted octanol–water partition coefficient (Wildman–Crippen LogP) is 1.14. The van der Waals surface area contributed by atoms with Crippen LogP contribution < -0.4 is 0 Å². The van der Waals surface area contributed by atoms with Crippen LogP contribution in [0.15, 0.2) is 10.2 Å². The van der Waals surface area contributed by atoms with E-state index in [0.717, 1.165) is 0 Å². The zero-order chi connectivity index (χ0) is 5.11. The number of halogens is 1. The number of hydrogen-bond acceptors (Lipinski definition) is 0. The molecule has 0 spiro atoms. The number of hydrogen-bond donors (Lipinski definition) is 0. The minimum absolute atomic E-state index is 0.340. The molecule has 1 heterocycles. The molecule has 0 saturated carbocycles. The fourth-order valence-corrected chi connectivity index (χ4v) is 13.8. The Labute approximate surface area is 65.4 Å². The third-order valence-corrected chi connectivity index (χ3v) is 12.2. The molecule has 1 rings (SSSR count). The molecular weight excluding hydrogens is 391 g/mol. The molecule has 2 heteroatoms. The molecule has 0 bridgehead atoms. The van der Waals surface area contributed by atoms with E-state index in [1.54, 1.807) is 3.06 Å². The van der Waals surface area contributed by atoms with Crippen LogP contribution in [0, 0.1) is 0 Å². The average Bonchev–Trinajstić information content (AvgIpc) is 1.69. The van der Waals surface area contributed by atoms with Crippen LogP contribution in [0.5, 0.6) is 0 Å². The Hall–Kier alpha value is 1.13. The van der Waals surface area contributed by atoms with Gasteiger partial charge in [0.1, 0.15) is 0 Å². The Morgan fingerprint density at radius 3 is 2.86 bits per heavy atom. The molecule has 36 valence electrons. The number of allylic oxidation sites excluding steroid dienone is 1. The summed E-state index contributed by atoms with van der Waals surface area (Å²) in [7, 11) is 0. The Morgan fingerprint density at radius 1 is 1.71 bits per heavy atom. The van der Waals surface area contributed by atoms with Gasteiger partial charge >= 0.3 is 66.2 Å². The van der Waals surface area contributed by atoms with Gasteiger partial charge in [-0.3, -0.25) is 0 Å². The first-order chi connectivity index (χ1) is 3.39. The van der Waals surface area contributed by atoms with E-state index < -0.39 is 0 Å². The SMILES string of the molecule is C[C]1=[Tl][CH]=IC=C1. The van der Waals surface area contributed by atoms with E-state index in [-0.39, 0.29) is 23.7 Å². The summed E-state index contributed by atoms with van der Waals surface area (Å²) in [5.41, 5.74) is 0. The Kier molecular flexibility index (Phi) is 2.87. The fraction of sp³-hybridized carbons (Fsp3) is 0.200. The fourth-order valence-electron chi connectivity index (χ4n) is 0.369. The van der Waals surface area contributed by atoms with Crippen LogP contribution >= 0.6 is 20.7 Å². The predicted molar refractivity (Wildman–Crippen MR) is 45.7 cm³/mol. The van der Waals surface area contributed by atoms with Crippen LogP contribution in [-0.2, 0) is 0 Å². The van der Waals surface area contributed by atoms with Gasteiger partial charge < -0.3 is 0 Å². The summed E-state index contributed by atoms with van der Waals surface area (Å²) in [6, 6.07) is 0. The molecule has 0 unspecified atom stereocenters. The zero-order valence-corrected chi connectivity index (χ0v) is 10.8. The zero-order valence-electron chi connectivity index (χ0n) is 4.19. The van der Waals surface area contributed by atoms with Crippen molar-refractivity contribution in [2.45, 2.75) is 6.92 Å². The van der Waals surface area contributed by atoms with Crippen molar-refractivity contribution in [3.8, 4) is 0 Å². The summed E-state index contributed by atoms with van der Waals surface area (Å²) in [5.74, 6) is 0. The topological polar surface area (TPSA) is 0 Å². The van der Waals surface area contributed by atoms with Crippen LogP contribution in [-0.4, -0.2) is 28.4 Å². The summed E-state index contributed by atoms with van der Waals surface area (Å²) in [6.07, 6.45) is 2.34. The minimum atomic E-state index is -0.340. The maximum absolute atomic E-state index is 2.61. The third kappa shape index (κ3) is 2.25. The molecule has 0 radical (unpaired) electrons. The summed E-state index contributed by atoms with van der Waals surface area (Å²) in [5, 5.41) is 0. The second kappa shape index (κ2) is 3.22. The molecule has 1 aliphatic heterocycles. The van der Waals surface area contributed by atoms with Crippen LogP contribution in [0.3, 0.4) is 0 Å². The van der Waals surface area contributed by atoms with Crippen molar-refractivity contribution in [3.63, 3.8) is 0 Å². The van der Waals surface area contributed by atoms with E-state index in [2.05, 4.69) is 18.7 Å². The monoisotopic (exact) mass is 398 g/mol. The van der Waals surface area contributed by atoms with Gasteiger partial charge in [-0.15, -0.1) is 0 Å². The molecule has 0 saturated heterocycles. The summed E-state index contributed by atoms with van der Waals surface area (Å²) in [4.78, 5) is 0. The van der Waals surface area contributed by atoms with Gasteiger partial charge in [-0.2, -0.15) is 0 Å². The van der Waals surface area contributed by atoms with Crippen LogP contribution in [0.4, 0.5) is 0 Å². The first-order valence-electron chi connectivity index (χ1n) is 2.18. The van der Waals surface area contributed by atoms with Crippen molar-refractivity contribution < 1.29 is 0 Å². The van der Waals surface area contributed by atoms with Crippen molar-refractivity contribution in [2.24, 2.45) is 0 Å². The van der Waals surface area contributed by atoms with E-state index in [1.165, 1.54) is 0 Å². The molecule has 0 aromatic carbocycles. The molecule has 0 aromatic rings. The van der Waals surface area contributed by atoms with E-state index in [0.29, 0.717) is 20.7 Å². The van der Waals surface area contributed by atoms with E-state index in [4.69, 9.17) is 0 Å². The second-order valence-corrected chi connectivity index (χ2v) is 15.0. The van der Waals surface area contributed by atoms with Gasteiger partial charge in [-0.05, 0) is 0 Å². The molecule has 0 nitrogen and oxygen atoms in total. The van der Waals surface area contributed by atoms with E-state index in [1.807, 2.05) is 0 Å². The molecule has 1 aliphatic rings. The summed E-state index contributed by atoms with van der Waals surface area (Å²) in [6.45, 7) is 2.27. The van der Waals surface area contributed by atoms with Gasteiger partial charge in [0.15, 0.2) is 0 Å². The maximum atomic E-state index is 2.61. The molecule has 7 heavy (non-hydrogen) atoms. The molecule has 0 fully saturated rings. The van der Waals surface area contributed by atoms with Gasteiger partial charge in [-0.1, -0.05) is 0 Å². The van der Waals surface area contributed by atoms with Crippen LogP contribution in [0.1, 0.15) is 6.92 Å². The third-order valence-electron chi connectivity index (χ3n) is 0.797. The van der Waals surface area contributed by atoms with Crippen molar-refractivity contribution in [1.29, 1.82) is 0 Å². The average molecular weight is 397 g/mol. The second-order valence-electron chi connectivity index (χ2n) is 1.46. The van der Waals surface area contributed by atoms with Crippen molar-refractivity contribution in [2.75, 3.05) is 0 Å². The number of rotatable bonds is 0. The van der Waals surface area contributed by atoms with E-state index >= 15 is 0 Å². The molecular formula is C5H6ITl. The van der Waals surface area contributed by atoms with E-state index in [9.17, 15) is 0 Å². The van der Waals surface area contributed by atoms with Gasteiger partial charge in [-0.25, -0.2) is 0 Å². The molecule has 0 aromatic heterocycles. The van der Waals surface area contributed by atoms with Gasteiger partial charge in [0.2, 0.25) is 0 Å². The van der Waals surface area contributed by atoms with Crippen molar-refractivity contribution in [1.82, 2.24) is 0 Å². The summed E-state index contributed by atoms with van der Waals surface area (Å²) < 4.78 is 6.67. The first-order valence-corrected chi connectivity index (χ1v) is 9.51. The van der Waals surface area contributed by atoms with Crippen molar-refractivity contribution in [3.05, 3.63) is 10.2 Å². The quantitative estimate of drug-likeness (QED) is 0.425. The molecule has 0 aliphatic carbocycles. The Morgan fingerprint density at radius 2 is 2.57 bits per heavy atom. The van der Waals surface area contributed by atoms with Crippen LogP contribution in [0.2, 0.25) is 0 Å². The van der Waals surface area contributed by atoms with Crippen molar-refractivity contribution >= 4 is 49.1 Å². The Balaban J connectivity index is 2.82. The molecule has 0 amide bonds. The summed E-state index contributed by atoms with van der Waals surface area (Å²) >= 11 is 0.114. The molecule has 0 N–H and O–H groups in total. The van der Waals surface area contributed by atoms with Gasteiger partial charge in [0, 0.05) is 0 Å². The van der Waals surface area contributed by atoms with Gasteiger partial charge in [0.25, 0.3) is 0 Å². The first kappa shape index (κ1) is 6.26. The standard InChI is InChI=1S/C5H6I.Tl/c1-3-4-5-6-2;/h2,4-5H,1H3;. The van der Waals surface area contributed by atoms with Crippen LogP contribution in [0.25, 0.3) is 0 Å².